The van der Waals surface area contributed by atoms with Crippen LogP contribution >= 0.6 is 0 Å². The zero-order chi connectivity index (χ0) is 26.0. The highest BCUT2D eigenvalue weighted by atomic mass is 19.4. The van der Waals surface area contributed by atoms with Gasteiger partial charge in [-0.05, 0) is 23.6 Å². The minimum Gasteiger partial charge on any atom is -0.436 e. The van der Waals surface area contributed by atoms with Crippen LogP contribution in [0, 0.1) is 0 Å². The van der Waals surface area contributed by atoms with Gasteiger partial charge in [-0.25, -0.2) is 4.79 Å². The summed E-state index contributed by atoms with van der Waals surface area (Å²) >= 11 is 0. The topological polar surface area (TPSA) is 87.7 Å². The number of nitrogens with zero attached hydrogens (tertiary/aromatic N) is 1. The molecule has 3 rings (SSSR count). The average Bonchev–Trinajstić information content (AvgIpc) is 2.90. The number of halogens is 5. The van der Waals surface area contributed by atoms with Crippen molar-refractivity contribution in [1.82, 2.24) is 10.6 Å². The number of rotatable bonds is 6. The Bertz CT molecular complexity index is 1120. The van der Waals surface area contributed by atoms with E-state index in [2.05, 4.69) is 5.32 Å². The second-order valence-electron chi connectivity index (χ2n) is 7.80. The van der Waals surface area contributed by atoms with Crippen molar-refractivity contribution in [1.29, 1.82) is 0 Å². The summed E-state index contributed by atoms with van der Waals surface area (Å²) in [5.41, 5.74) is 2.53. The van der Waals surface area contributed by atoms with E-state index in [0.717, 1.165) is 5.56 Å². The van der Waals surface area contributed by atoms with Crippen molar-refractivity contribution in [3.8, 4) is 11.1 Å². The molecule has 2 N–H and O–H groups in total. The summed E-state index contributed by atoms with van der Waals surface area (Å²) < 4.78 is 67.7. The van der Waals surface area contributed by atoms with Gasteiger partial charge in [-0.1, -0.05) is 49.4 Å². The first-order chi connectivity index (χ1) is 16.4. The van der Waals surface area contributed by atoms with Gasteiger partial charge in [-0.3, -0.25) is 9.59 Å². The molecule has 0 spiro atoms. The molecule has 0 saturated heterocycles. The molecule has 2 aromatic rings. The van der Waals surface area contributed by atoms with E-state index in [-0.39, 0.29) is 6.42 Å². The number of carbonyl (C=O) groups excluding carboxylic acids is 3. The Morgan fingerprint density at radius 3 is 2.26 bits per heavy atom. The number of fused-ring (bicyclic) bond motifs is 3. The van der Waals surface area contributed by atoms with Crippen LogP contribution in [-0.4, -0.2) is 49.7 Å². The molecular weight excluding hydrogens is 477 g/mol. The molecule has 2 unspecified atom stereocenters. The molecule has 0 radical (unpaired) electrons. The lowest BCUT2D eigenvalue weighted by atomic mass is 9.95. The lowest BCUT2D eigenvalue weighted by Crippen LogP contribution is -2.49. The van der Waals surface area contributed by atoms with Crippen LogP contribution in [0.1, 0.15) is 24.9 Å². The fourth-order valence-electron chi connectivity index (χ4n) is 3.58. The van der Waals surface area contributed by atoms with Crippen molar-refractivity contribution in [2.24, 2.45) is 0 Å². The van der Waals surface area contributed by atoms with Gasteiger partial charge in [0.25, 0.3) is 11.8 Å². The number of para-hydroxylation sites is 1. The van der Waals surface area contributed by atoms with Crippen molar-refractivity contribution in [3.63, 3.8) is 0 Å². The molecule has 12 heteroatoms. The quantitative estimate of drug-likeness (QED) is 0.584. The highest BCUT2D eigenvalue weighted by molar-refractivity contribution is 6.06. The molecule has 3 amide bonds. The van der Waals surface area contributed by atoms with Gasteiger partial charge in [0.1, 0.15) is 6.04 Å². The van der Waals surface area contributed by atoms with Crippen LogP contribution in [0.3, 0.4) is 0 Å². The number of hydrogen-bond acceptors (Lipinski definition) is 4. The molecule has 35 heavy (non-hydrogen) atoms. The van der Waals surface area contributed by atoms with E-state index in [0.29, 0.717) is 16.8 Å². The van der Waals surface area contributed by atoms with Crippen LogP contribution in [0.15, 0.2) is 48.5 Å². The Hall–Kier alpha value is -3.70. The molecule has 0 fully saturated rings. The number of likely N-dealkylation sites (N-methyl/N-ethyl adjacent to an activating group) is 1. The Morgan fingerprint density at radius 2 is 1.63 bits per heavy atom. The first-order valence-electron chi connectivity index (χ1n) is 10.5. The molecule has 1 heterocycles. The van der Waals surface area contributed by atoms with Gasteiger partial charge in [0.2, 0.25) is 0 Å². The largest absolute Gasteiger partial charge is 0.455 e. The molecule has 7 nitrogen and oxygen atoms in total. The zero-order valence-electron chi connectivity index (χ0n) is 18.7. The van der Waals surface area contributed by atoms with Gasteiger partial charge in [-0.2, -0.15) is 22.0 Å². The second kappa shape index (κ2) is 9.88. The van der Waals surface area contributed by atoms with E-state index in [1.54, 1.807) is 42.5 Å². The highest BCUT2D eigenvalue weighted by Gasteiger charge is 2.57. The van der Waals surface area contributed by atoms with E-state index in [1.165, 1.54) is 24.2 Å². The first-order valence-corrected chi connectivity index (χ1v) is 10.5. The normalized spacial score (nSPS) is 16.5. The molecule has 1 aliphatic rings. The third kappa shape index (κ3) is 5.36. The number of benzene rings is 2. The fraction of sp³-hybridized carbons (Fsp3) is 0.348. The number of alkyl carbamates (subject to hydrolysis) is 1. The Morgan fingerprint density at radius 1 is 1.03 bits per heavy atom. The Labute approximate surface area is 197 Å². The summed E-state index contributed by atoms with van der Waals surface area (Å²) in [5, 5.41) is 3.84. The molecule has 2 aromatic carbocycles. The van der Waals surface area contributed by atoms with Gasteiger partial charge < -0.3 is 20.3 Å². The first kappa shape index (κ1) is 25.9. The van der Waals surface area contributed by atoms with E-state index in [9.17, 15) is 36.3 Å². The molecule has 0 aromatic heterocycles. The number of hydrogen-bond donors (Lipinski definition) is 2. The molecular formula is C23H22F5N3O4. The van der Waals surface area contributed by atoms with Crippen molar-refractivity contribution < 1.29 is 41.1 Å². The van der Waals surface area contributed by atoms with Crippen LogP contribution in [0.5, 0.6) is 0 Å². The standard InChI is InChI=1S/C23H22F5N3O4/c1-3-17(35-21(34)29-12-22(24,25)23(26,27)28)19(32)30-18-15-10-5-4-8-13(15)14-9-6-7-11-16(14)31(2)20(18)33/h4-11,17-18H,3,12H2,1-2H3,(H,29,34)(H,30,32). The monoisotopic (exact) mass is 499 g/mol. The second-order valence-corrected chi connectivity index (χ2v) is 7.80. The summed E-state index contributed by atoms with van der Waals surface area (Å²) in [6, 6.07) is 12.8. The van der Waals surface area contributed by atoms with E-state index in [1.807, 2.05) is 6.07 Å². The summed E-state index contributed by atoms with van der Waals surface area (Å²) in [5.74, 6) is -6.58. The molecule has 1 aliphatic heterocycles. The summed E-state index contributed by atoms with van der Waals surface area (Å²) in [6.07, 6.45) is -9.18. The predicted octanol–water partition coefficient (Wildman–Crippen LogP) is 4.19. The minimum atomic E-state index is -5.86. The zero-order valence-corrected chi connectivity index (χ0v) is 18.7. The van der Waals surface area contributed by atoms with Gasteiger partial charge in [-0.15, -0.1) is 0 Å². The van der Waals surface area contributed by atoms with Crippen LogP contribution in [0.2, 0.25) is 0 Å². The SMILES string of the molecule is CCC(OC(=O)NCC(F)(F)C(F)(F)F)C(=O)NC1C(=O)N(C)c2ccccc2-c2ccccc21. The predicted molar refractivity (Wildman–Crippen MR) is 116 cm³/mol. The van der Waals surface area contributed by atoms with Crippen molar-refractivity contribution >= 4 is 23.6 Å². The van der Waals surface area contributed by atoms with E-state index in [4.69, 9.17) is 4.74 Å². The van der Waals surface area contributed by atoms with Crippen molar-refractivity contribution in [2.45, 2.75) is 37.6 Å². The van der Waals surface area contributed by atoms with Gasteiger partial charge >= 0.3 is 18.2 Å². The lowest BCUT2D eigenvalue weighted by molar-refractivity contribution is -0.278. The van der Waals surface area contributed by atoms with Gasteiger partial charge in [0.15, 0.2) is 6.10 Å². The number of nitrogens with one attached hydrogen (secondary N) is 2. The highest BCUT2D eigenvalue weighted by Crippen LogP contribution is 2.39. The summed E-state index contributed by atoms with van der Waals surface area (Å²) in [7, 11) is 1.54. The van der Waals surface area contributed by atoms with Gasteiger partial charge in [0.05, 0.1) is 12.2 Å². The van der Waals surface area contributed by atoms with Crippen molar-refractivity contribution in [3.05, 3.63) is 54.1 Å². The minimum absolute atomic E-state index is 0.131. The molecule has 2 atom stereocenters. The summed E-state index contributed by atoms with van der Waals surface area (Å²) in [6.45, 7) is -0.613. The number of anilines is 1. The maximum Gasteiger partial charge on any atom is 0.455 e. The summed E-state index contributed by atoms with van der Waals surface area (Å²) in [4.78, 5) is 39.3. The average molecular weight is 499 g/mol. The molecule has 0 aliphatic carbocycles. The third-order valence-corrected chi connectivity index (χ3v) is 5.47. The molecule has 0 bridgehead atoms. The fourth-order valence-corrected chi connectivity index (χ4v) is 3.58. The number of amides is 3. The maximum absolute atomic E-state index is 13.2. The Balaban J connectivity index is 1.78. The molecule has 0 saturated carbocycles. The van der Waals surface area contributed by atoms with Crippen molar-refractivity contribution in [2.75, 3.05) is 18.5 Å². The smallest absolute Gasteiger partial charge is 0.436 e. The number of ether oxygens (including phenoxy) is 1. The van der Waals surface area contributed by atoms with Crippen LogP contribution in [0.25, 0.3) is 11.1 Å². The third-order valence-electron chi connectivity index (χ3n) is 5.47. The maximum atomic E-state index is 13.2. The Kier molecular flexibility index (Phi) is 7.32. The van der Waals surface area contributed by atoms with Crippen LogP contribution < -0.4 is 15.5 Å². The van der Waals surface area contributed by atoms with Gasteiger partial charge in [0, 0.05) is 12.6 Å². The van der Waals surface area contributed by atoms with E-state index >= 15 is 0 Å². The molecule has 188 valence electrons. The lowest BCUT2D eigenvalue weighted by Gasteiger charge is -2.25. The number of carbonyl (C=O) groups is 3. The number of alkyl halides is 5. The van der Waals surface area contributed by atoms with E-state index < -0.39 is 48.7 Å². The van der Waals surface area contributed by atoms with Crippen LogP contribution in [-0.2, 0) is 14.3 Å². The van der Waals surface area contributed by atoms with Crippen LogP contribution in [0.4, 0.5) is 32.4 Å².